The van der Waals surface area contributed by atoms with Crippen LogP contribution in [0.15, 0.2) is 11.6 Å². The first-order valence-electron chi connectivity index (χ1n) is 3.78. The van der Waals surface area contributed by atoms with Gasteiger partial charge in [0, 0.05) is 18.6 Å². The summed E-state index contributed by atoms with van der Waals surface area (Å²) in [4.78, 5) is 2.10. The molecule has 1 atom stereocenters. The molecule has 0 bridgehead atoms. The van der Waals surface area contributed by atoms with E-state index < -0.39 is 0 Å². The summed E-state index contributed by atoms with van der Waals surface area (Å²) in [6, 6.07) is 0. The van der Waals surface area contributed by atoms with Gasteiger partial charge in [0.2, 0.25) is 0 Å². The highest BCUT2D eigenvalue weighted by molar-refractivity contribution is 6.25. The summed E-state index contributed by atoms with van der Waals surface area (Å²) < 4.78 is 0. The molecule has 3 heteroatoms. The normalized spacial score (nSPS) is 14.6. The second-order valence-electron chi connectivity index (χ2n) is 2.76. The molecule has 0 aliphatic carbocycles. The minimum atomic E-state index is -0.211. The van der Waals surface area contributed by atoms with E-state index in [1.54, 1.807) is 6.92 Å². The minimum absolute atomic E-state index is 0.211. The molecule has 0 aromatic carbocycles. The van der Waals surface area contributed by atoms with Crippen molar-refractivity contribution in [3.05, 3.63) is 11.6 Å². The lowest BCUT2D eigenvalue weighted by Gasteiger charge is -2.14. The Kier molecular flexibility index (Phi) is 6.62. The third-order valence-corrected chi connectivity index (χ3v) is 1.61. The lowest BCUT2D eigenvalue weighted by molar-refractivity contribution is 0.167. The predicted molar refractivity (Wildman–Crippen MR) is 48.8 cm³/mol. The van der Waals surface area contributed by atoms with Crippen molar-refractivity contribution >= 4 is 11.6 Å². The Hall–Kier alpha value is -0.0500. The van der Waals surface area contributed by atoms with Crippen LogP contribution in [0.5, 0.6) is 0 Å². The van der Waals surface area contributed by atoms with Gasteiger partial charge in [0.25, 0.3) is 0 Å². The van der Waals surface area contributed by atoms with Crippen molar-refractivity contribution in [3.63, 3.8) is 0 Å². The Bertz CT molecular complexity index is 115. The van der Waals surface area contributed by atoms with Crippen LogP contribution in [0.25, 0.3) is 0 Å². The Morgan fingerprint density at radius 1 is 1.64 bits per heavy atom. The number of hydrogen-bond acceptors (Lipinski definition) is 2. The molecular weight excluding hydrogens is 162 g/mol. The van der Waals surface area contributed by atoms with Gasteiger partial charge in [0.1, 0.15) is 0 Å². The highest BCUT2D eigenvalue weighted by Gasteiger charge is 1.98. The molecule has 0 amide bonds. The molecule has 0 aliphatic heterocycles. The van der Waals surface area contributed by atoms with Crippen molar-refractivity contribution in [3.8, 4) is 0 Å². The molecular formula is C8H16ClNO. The average Bonchev–Trinajstić information content (AvgIpc) is 1.97. The minimum Gasteiger partial charge on any atom is -0.393 e. The highest BCUT2D eigenvalue weighted by Crippen LogP contribution is 1.93. The van der Waals surface area contributed by atoms with E-state index in [1.807, 2.05) is 13.1 Å². The van der Waals surface area contributed by atoms with Crippen molar-refractivity contribution in [2.45, 2.75) is 19.4 Å². The molecule has 0 fully saturated rings. The lowest BCUT2D eigenvalue weighted by atomic mass is 10.3. The molecule has 1 unspecified atom stereocenters. The van der Waals surface area contributed by atoms with E-state index in [0.29, 0.717) is 0 Å². The molecule has 0 spiro atoms. The first-order valence-corrected chi connectivity index (χ1v) is 4.22. The summed E-state index contributed by atoms with van der Waals surface area (Å²) in [6.07, 6.45) is 2.48. The maximum absolute atomic E-state index is 8.96. The van der Waals surface area contributed by atoms with E-state index in [2.05, 4.69) is 4.90 Å². The summed E-state index contributed by atoms with van der Waals surface area (Å²) in [6.45, 7) is 3.54. The molecule has 0 radical (unpaired) electrons. The van der Waals surface area contributed by atoms with Crippen molar-refractivity contribution in [1.82, 2.24) is 4.90 Å². The maximum atomic E-state index is 8.96. The van der Waals surface area contributed by atoms with Gasteiger partial charge in [-0.3, -0.25) is 0 Å². The van der Waals surface area contributed by atoms with Gasteiger partial charge >= 0.3 is 0 Å². The average molecular weight is 178 g/mol. The third-order valence-electron chi connectivity index (χ3n) is 1.43. The predicted octanol–water partition coefficient (Wildman–Crippen LogP) is 1.44. The Labute approximate surface area is 73.5 Å². The number of hydrogen-bond donors (Lipinski definition) is 1. The van der Waals surface area contributed by atoms with Gasteiger partial charge in [0.05, 0.1) is 6.10 Å². The van der Waals surface area contributed by atoms with Crippen LogP contribution in [0.1, 0.15) is 13.3 Å². The first-order chi connectivity index (χ1) is 5.16. The Morgan fingerprint density at radius 3 is 2.73 bits per heavy atom. The fourth-order valence-corrected chi connectivity index (χ4v) is 0.798. The molecule has 0 rings (SSSR count). The zero-order valence-electron chi connectivity index (χ0n) is 7.13. The first kappa shape index (κ1) is 11.0. The van der Waals surface area contributed by atoms with Crippen LogP contribution in [-0.2, 0) is 0 Å². The second-order valence-corrected chi connectivity index (χ2v) is 3.01. The molecule has 0 aliphatic rings. The molecule has 66 valence electrons. The van der Waals surface area contributed by atoms with Crippen LogP contribution in [0.4, 0.5) is 0 Å². The van der Waals surface area contributed by atoms with E-state index in [4.69, 9.17) is 16.7 Å². The smallest absolute Gasteiger partial charge is 0.0524 e. The number of likely N-dealkylation sites (N-methyl/N-ethyl adjacent to an activating group) is 1. The number of halogens is 1. The van der Waals surface area contributed by atoms with Gasteiger partial charge in [-0.2, -0.15) is 0 Å². The topological polar surface area (TPSA) is 23.5 Å². The largest absolute Gasteiger partial charge is 0.393 e. The van der Waals surface area contributed by atoms with E-state index in [9.17, 15) is 0 Å². The summed E-state index contributed by atoms with van der Waals surface area (Å²) in [5.74, 6) is 0. The maximum Gasteiger partial charge on any atom is 0.0524 e. The molecule has 1 N–H and O–H groups in total. The number of aliphatic hydroxyl groups is 1. The Balaban J connectivity index is 3.29. The van der Waals surface area contributed by atoms with Gasteiger partial charge in [-0.15, -0.1) is 0 Å². The number of rotatable bonds is 5. The monoisotopic (exact) mass is 177 g/mol. The van der Waals surface area contributed by atoms with E-state index in [-0.39, 0.29) is 6.10 Å². The molecule has 2 nitrogen and oxygen atoms in total. The molecule has 0 saturated carbocycles. The fraction of sp³-hybridized carbons (Fsp3) is 0.750. The highest BCUT2D eigenvalue weighted by atomic mass is 35.5. The van der Waals surface area contributed by atoms with Crippen LogP contribution < -0.4 is 0 Å². The van der Waals surface area contributed by atoms with Gasteiger partial charge in [-0.05, 0) is 20.4 Å². The molecule has 11 heavy (non-hydrogen) atoms. The van der Waals surface area contributed by atoms with Crippen LogP contribution in [-0.4, -0.2) is 36.2 Å². The van der Waals surface area contributed by atoms with Crippen molar-refractivity contribution in [1.29, 1.82) is 0 Å². The summed E-state index contributed by atoms with van der Waals surface area (Å²) in [7, 11) is 2.00. The van der Waals surface area contributed by atoms with Crippen LogP contribution in [0.2, 0.25) is 0 Å². The Morgan fingerprint density at radius 2 is 2.27 bits per heavy atom. The number of nitrogens with zero attached hydrogens (tertiary/aromatic N) is 1. The third kappa shape index (κ3) is 7.85. The van der Waals surface area contributed by atoms with Crippen molar-refractivity contribution in [2.75, 3.05) is 20.1 Å². The summed E-state index contributed by atoms with van der Waals surface area (Å²) >= 11 is 5.35. The zero-order valence-corrected chi connectivity index (χ0v) is 7.88. The van der Waals surface area contributed by atoms with Gasteiger partial charge < -0.3 is 10.0 Å². The quantitative estimate of drug-likeness (QED) is 0.687. The summed E-state index contributed by atoms with van der Waals surface area (Å²) in [5, 5.41) is 8.96. The molecule has 0 heterocycles. The standard InChI is InChI=1S/C8H16ClNO/c1-8(11)4-7-10(2)6-3-5-9/h3,5,8,11H,4,6-7H2,1-2H3/b5-3+. The van der Waals surface area contributed by atoms with Crippen molar-refractivity contribution < 1.29 is 5.11 Å². The van der Waals surface area contributed by atoms with Crippen LogP contribution in [0, 0.1) is 0 Å². The second kappa shape index (κ2) is 6.65. The van der Waals surface area contributed by atoms with Gasteiger partial charge in [0.15, 0.2) is 0 Å². The molecule has 0 saturated heterocycles. The SMILES string of the molecule is CC(O)CCN(C)C/C=C/Cl. The van der Waals surface area contributed by atoms with Crippen LogP contribution >= 0.6 is 11.6 Å². The summed E-state index contributed by atoms with van der Waals surface area (Å²) in [5.41, 5.74) is 1.51. The van der Waals surface area contributed by atoms with Crippen molar-refractivity contribution in [2.24, 2.45) is 0 Å². The van der Waals surface area contributed by atoms with Gasteiger partial charge in [-0.25, -0.2) is 0 Å². The fourth-order valence-electron chi connectivity index (χ4n) is 0.718. The van der Waals surface area contributed by atoms with Gasteiger partial charge in [-0.1, -0.05) is 17.7 Å². The van der Waals surface area contributed by atoms with Crippen LogP contribution in [0.3, 0.4) is 0 Å². The lowest BCUT2D eigenvalue weighted by Crippen LogP contribution is -2.22. The molecule has 0 aromatic heterocycles. The van der Waals surface area contributed by atoms with E-state index in [0.717, 1.165) is 19.5 Å². The van der Waals surface area contributed by atoms with E-state index >= 15 is 0 Å². The zero-order chi connectivity index (χ0) is 8.69. The van der Waals surface area contributed by atoms with E-state index in [1.165, 1.54) is 5.54 Å². The molecule has 0 aromatic rings. The number of aliphatic hydroxyl groups excluding tert-OH is 1.